The van der Waals surface area contributed by atoms with Gasteiger partial charge in [0.15, 0.2) is 0 Å². The fourth-order valence-electron chi connectivity index (χ4n) is 4.48. The standard InChI is InChI=1S/C33H41N3O3/c1-3-5-7-9-23-36(24-10-8-6-4-2)30(37)21-15-26-11-17-28(18-12-26)32-33(35-25-34-32)29-19-13-27(14-20-29)16-22-31(38)39/h11-22,25H,3-10,23-24H2,1-2H3,(H,34,35)(H,38,39)/b21-15+,22-16+. The number of nitrogens with zero attached hydrogens (tertiary/aromatic N) is 2. The Morgan fingerprint density at radius 1 is 0.769 bits per heavy atom. The van der Waals surface area contributed by atoms with Crippen molar-refractivity contribution >= 4 is 24.0 Å². The Bertz CT molecular complexity index is 1210. The number of carboxylic acid groups (broad SMARTS) is 1. The van der Waals surface area contributed by atoms with E-state index in [-0.39, 0.29) is 5.91 Å². The predicted octanol–water partition coefficient (Wildman–Crippen LogP) is 7.84. The first-order valence-electron chi connectivity index (χ1n) is 14.1. The lowest BCUT2D eigenvalue weighted by molar-refractivity contribution is -0.131. The van der Waals surface area contributed by atoms with Gasteiger partial charge in [-0.25, -0.2) is 9.78 Å². The van der Waals surface area contributed by atoms with Crippen LogP contribution in [0.1, 0.15) is 76.3 Å². The Morgan fingerprint density at radius 3 is 1.85 bits per heavy atom. The first-order valence-corrected chi connectivity index (χ1v) is 14.1. The maximum Gasteiger partial charge on any atom is 0.328 e. The summed E-state index contributed by atoms with van der Waals surface area (Å²) in [5, 5.41) is 8.82. The van der Waals surface area contributed by atoms with Gasteiger partial charge in [-0.15, -0.1) is 0 Å². The molecule has 1 amide bonds. The molecule has 3 rings (SSSR count). The number of unbranched alkanes of at least 4 members (excludes halogenated alkanes) is 6. The third-order valence-electron chi connectivity index (χ3n) is 6.73. The molecule has 206 valence electrons. The number of imidazole rings is 1. The van der Waals surface area contributed by atoms with Crippen LogP contribution in [0.15, 0.2) is 67.0 Å². The molecule has 0 saturated heterocycles. The Labute approximate surface area is 232 Å². The maximum absolute atomic E-state index is 13.0. The zero-order valence-electron chi connectivity index (χ0n) is 23.2. The van der Waals surface area contributed by atoms with Crippen molar-refractivity contribution < 1.29 is 14.7 Å². The quantitative estimate of drug-likeness (QED) is 0.147. The number of hydrogen-bond acceptors (Lipinski definition) is 3. The molecule has 0 saturated carbocycles. The molecule has 6 nitrogen and oxygen atoms in total. The molecule has 3 aromatic rings. The number of aliphatic carboxylic acids is 1. The maximum atomic E-state index is 13.0. The van der Waals surface area contributed by atoms with Crippen molar-refractivity contribution in [3.8, 4) is 22.5 Å². The lowest BCUT2D eigenvalue weighted by atomic mass is 10.0. The van der Waals surface area contributed by atoms with Crippen molar-refractivity contribution in [3.63, 3.8) is 0 Å². The van der Waals surface area contributed by atoms with Crippen LogP contribution in [0.25, 0.3) is 34.7 Å². The fraction of sp³-hybridized carbons (Fsp3) is 0.364. The normalized spacial score (nSPS) is 11.4. The summed E-state index contributed by atoms with van der Waals surface area (Å²) >= 11 is 0. The third-order valence-corrected chi connectivity index (χ3v) is 6.73. The number of carboxylic acids is 1. The van der Waals surface area contributed by atoms with Crippen molar-refractivity contribution in [1.29, 1.82) is 0 Å². The van der Waals surface area contributed by atoms with Crippen molar-refractivity contribution in [2.75, 3.05) is 13.1 Å². The van der Waals surface area contributed by atoms with Gasteiger partial charge in [0.1, 0.15) is 0 Å². The Morgan fingerprint density at radius 2 is 1.31 bits per heavy atom. The second-order valence-electron chi connectivity index (χ2n) is 9.82. The molecule has 0 aliphatic rings. The summed E-state index contributed by atoms with van der Waals surface area (Å²) in [6.07, 6.45) is 17.2. The fourth-order valence-corrected chi connectivity index (χ4v) is 4.48. The number of H-pyrrole nitrogens is 1. The van der Waals surface area contributed by atoms with Gasteiger partial charge in [0.25, 0.3) is 0 Å². The highest BCUT2D eigenvalue weighted by Crippen LogP contribution is 2.29. The van der Waals surface area contributed by atoms with Gasteiger partial charge in [0, 0.05) is 36.4 Å². The molecule has 0 bridgehead atoms. The molecule has 0 fully saturated rings. The van der Waals surface area contributed by atoms with Gasteiger partial charge in [-0.05, 0) is 36.1 Å². The minimum absolute atomic E-state index is 0.0876. The van der Waals surface area contributed by atoms with E-state index in [4.69, 9.17) is 5.11 Å². The minimum atomic E-state index is -0.974. The average Bonchev–Trinajstić information content (AvgIpc) is 3.44. The van der Waals surface area contributed by atoms with Gasteiger partial charge in [-0.2, -0.15) is 0 Å². The van der Waals surface area contributed by atoms with Gasteiger partial charge in [-0.3, -0.25) is 4.79 Å². The zero-order chi connectivity index (χ0) is 27.9. The number of carbonyl (C=O) groups is 2. The van der Waals surface area contributed by atoms with Gasteiger partial charge in [0.05, 0.1) is 17.7 Å². The lowest BCUT2D eigenvalue weighted by Crippen LogP contribution is -2.31. The van der Waals surface area contributed by atoms with Crippen LogP contribution in [0, 0.1) is 0 Å². The highest BCUT2D eigenvalue weighted by atomic mass is 16.4. The number of aromatic nitrogens is 2. The first kappa shape index (κ1) is 29.6. The van der Waals surface area contributed by atoms with Gasteiger partial charge < -0.3 is 15.0 Å². The van der Waals surface area contributed by atoms with Crippen LogP contribution in [0.4, 0.5) is 0 Å². The number of benzene rings is 2. The molecular weight excluding hydrogens is 486 g/mol. The van der Waals surface area contributed by atoms with E-state index < -0.39 is 5.97 Å². The van der Waals surface area contributed by atoms with Gasteiger partial charge in [0.2, 0.25) is 5.91 Å². The largest absolute Gasteiger partial charge is 0.478 e. The topological polar surface area (TPSA) is 86.3 Å². The van der Waals surface area contributed by atoms with Crippen LogP contribution in [0.2, 0.25) is 0 Å². The van der Waals surface area contributed by atoms with E-state index >= 15 is 0 Å². The van der Waals surface area contributed by atoms with Crippen LogP contribution >= 0.6 is 0 Å². The number of carbonyl (C=O) groups excluding carboxylic acids is 1. The summed E-state index contributed by atoms with van der Waals surface area (Å²) in [7, 11) is 0. The van der Waals surface area contributed by atoms with Crippen LogP contribution in [0.5, 0.6) is 0 Å². The average molecular weight is 528 g/mol. The summed E-state index contributed by atoms with van der Waals surface area (Å²) in [6.45, 7) is 6.06. The van der Waals surface area contributed by atoms with E-state index in [1.807, 2.05) is 59.5 Å². The molecule has 0 atom stereocenters. The summed E-state index contributed by atoms with van der Waals surface area (Å²) in [5.41, 5.74) is 5.44. The highest BCUT2D eigenvalue weighted by molar-refractivity contribution is 5.92. The molecule has 1 aromatic heterocycles. The van der Waals surface area contributed by atoms with Crippen molar-refractivity contribution in [2.45, 2.75) is 65.2 Å². The molecule has 0 aliphatic carbocycles. The number of rotatable bonds is 16. The smallest absolute Gasteiger partial charge is 0.328 e. The summed E-state index contributed by atoms with van der Waals surface area (Å²) < 4.78 is 0. The summed E-state index contributed by atoms with van der Waals surface area (Å²) in [4.78, 5) is 33.5. The second kappa shape index (κ2) is 16.1. The van der Waals surface area contributed by atoms with Gasteiger partial charge in [-0.1, -0.05) is 101 Å². The van der Waals surface area contributed by atoms with E-state index in [1.165, 1.54) is 38.5 Å². The molecule has 1 heterocycles. The Hall–Kier alpha value is -3.93. The molecule has 39 heavy (non-hydrogen) atoms. The Kier molecular flexibility index (Phi) is 12.2. The molecule has 0 radical (unpaired) electrons. The van der Waals surface area contributed by atoms with E-state index in [0.717, 1.165) is 65.6 Å². The van der Waals surface area contributed by atoms with E-state index in [0.29, 0.717) is 0 Å². The van der Waals surface area contributed by atoms with Crippen molar-refractivity contribution in [2.24, 2.45) is 0 Å². The van der Waals surface area contributed by atoms with Crippen molar-refractivity contribution in [1.82, 2.24) is 14.9 Å². The van der Waals surface area contributed by atoms with Crippen LogP contribution in [0.3, 0.4) is 0 Å². The number of hydrogen-bond donors (Lipinski definition) is 2. The summed E-state index contributed by atoms with van der Waals surface area (Å²) in [6, 6.07) is 15.7. The van der Waals surface area contributed by atoms with Gasteiger partial charge >= 0.3 is 5.97 Å². The molecule has 6 heteroatoms. The number of aromatic amines is 1. The number of amides is 1. The molecule has 2 aromatic carbocycles. The van der Waals surface area contributed by atoms with Crippen molar-refractivity contribution in [3.05, 3.63) is 78.1 Å². The van der Waals surface area contributed by atoms with E-state index in [1.54, 1.807) is 18.5 Å². The molecule has 2 N–H and O–H groups in total. The second-order valence-corrected chi connectivity index (χ2v) is 9.82. The first-order chi connectivity index (χ1) is 19.0. The molecule has 0 spiro atoms. The molecular formula is C33H41N3O3. The predicted molar refractivity (Wildman–Crippen MR) is 160 cm³/mol. The SMILES string of the molecule is CCCCCCN(CCCCCC)C(=O)/C=C/c1ccc(-c2[nH]cnc2-c2ccc(/C=C/C(=O)O)cc2)cc1. The summed E-state index contributed by atoms with van der Waals surface area (Å²) in [5.74, 6) is -0.886. The monoisotopic (exact) mass is 527 g/mol. The van der Waals surface area contributed by atoms with Crippen LogP contribution in [-0.2, 0) is 9.59 Å². The molecule has 0 unspecified atom stereocenters. The van der Waals surface area contributed by atoms with Crippen LogP contribution < -0.4 is 0 Å². The Balaban J connectivity index is 1.66. The lowest BCUT2D eigenvalue weighted by Gasteiger charge is -2.21. The minimum Gasteiger partial charge on any atom is -0.478 e. The van der Waals surface area contributed by atoms with Crippen LogP contribution in [-0.4, -0.2) is 44.9 Å². The van der Waals surface area contributed by atoms with E-state index in [9.17, 15) is 9.59 Å². The third kappa shape index (κ3) is 9.71. The van der Waals surface area contributed by atoms with E-state index in [2.05, 4.69) is 23.8 Å². The molecule has 0 aliphatic heterocycles. The number of nitrogens with one attached hydrogen (secondary N) is 1. The highest BCUT2D eigenvalue weighted by Gasteiger charge is 2.12. The zero-order valence-corrected chi connectivity index (χ0v) is 23.2.